The summed E-state index contributed by atoms with van der Waals surface area (Å²) in [6, 6.07) is 4.22. The Morgan fingerprint density at radius 2 is 2.42 bits per heavy atom. The van der Waals surface area contributed by atoms with E-state index in [1.165, 1.54) is 13.0 Å². The van der Waals surface area contributed by atoms with Crippen molar-refractivity contribution in [3.8, 4) is 0 Å². The van der Waals surface area contributed by atoms with Crippen LogP contribution in [0.3, 0.4) is 0 Å². The van der Waals surface area contributed by atoms with E-state index in [2.05, 4.69) is 15.2 Å². The molecule has 0 saturated carbocycles. The summed E-state index contributed by atoms with van der Waals surface area (Å²) in [5.41, 5.74) is 0.535. The van der Waals surface area contributed by atoms with Gasteiger partial charge in [-0.3, -0.25) is 9.78 Å². The van der Waals surface area contributed by atoms with Gasteiger partial charge >= 0.3 is 0 Å². The highest BCUT2D eigenvalue weighted by molar-refractivity contribution is 7.17. The smallest absolute Gasteiger partial charge is 0.270 e. The number of thiophene rings is 1. The van der Waals surface area contributed by atoms with E-state index in [9.17, 15) is 4.79 Å². The summed E-state index contributed by atoms with van der Waals surface area (Å²) in [5.74, 6) is 0.600. The fourth-order valence-corrected chi connectivity index (χ4v) is 3.97. The summed E-state index contributed by atoms with van der Waals surface area (Å²) in [4.78, 5) is 18.9. The molecule has 0 aromatic carbocycles. The highest BCUT2D eigenvalue weighted by atomic mass is 32.1. The summed E-state index contributed by atoms with van der Waals surface area (Å²) < 4.78 is 1.12. The molecule has 2 bridgehead atoms. The summed E-state index contributed by atoms with van der Waals surface area (Å²) in [7, 11) is 0. The Bertz CT molecular complexity index is 638. The Hall–Kier alpha value is -1.46. The molecule has 4 heterocycles. The number of fused-ring (bicyclic) bond motifs is 3. The van der Waals surface area contributed by atoms with E-state index in [1.54, 1.807) is 17.5 Å². The number of rotatable bonds is 2. The van der Waals surface area contributed by atoms with Crippen molar-refractivity contribution in [1.29, 1.82) is 0 Å². The number of nitrogens with zero attached hydrogens (tertiary/aromatic N) is 2. The van der Waals surface area contributed by atoms with Gasteiger partial charge in [-0.15, -0.1) is 11.3 Å². The van der Waals surface area contributed by atoms with Crippen LogP contribution in [0, 0.1) is 5.92 Å². The summed E-state index contributed by atoms with van der Waals surface area (Å²) in [5, 5.41) is 6.27. The second-order valence-corrected chi connectivity index (χ2v) is 6.36. The van der Waals surface area contributed by atoms with Crippen molar-refractivity contribution in [3.05, 3.63) is 29.4 Å². The van der Waals surface area contributed by atoms with Gasteiger partial charge in [-0.25, -0.2) is 0 Å². The van der Waals surface area contributed by atoms with E-state index in [1.807, 2.05) is 17.5 Å². The minimum atomic E-state index is -0.0333. The van der Waals surface area contributed by atoms with Crippen LogP contribution >= 0.6 is 11.3 Å². The number of hydrogen-bond donors (Lipinski definition) is 1. The first-order valence-corrected chi connectivity index (χ1v) is 7.54. The molecule has 2 fully saturated rings. The molecule has 1 amide bonds. The topological polar surface area (TPSA) is 45.2 Å². The van der Waals surface area contributed by atoms with E-state index < -0.39 is 0 Å². The average Bonchev–Trinajstić information content (AvgIpc) is 3.13. The van der Waals surface area contributed by atoms with Crippen molar-refractivity contribution in [3.63, 3.8) is 0 Å². The third kappa shape index (κ3) is 1.93. The number of piperidine rings is 1. The maximum atomic E-state index is 12.3. The Kier molecular flexibility index (Phi) is 2.56. The van der Waals surface area contributed by atoms with Crippen LogP contribution in [0.4, 0.5) is 0 Å². The fraction of sp³-hybridized carbons (Fsp3) is 0.429. The molecule has 1 N–H and O–H groups in total. The maximum absolute atomic E-state index is 12.3. The van der Waals surface area contributed by atoms with Gasteiger partial charge in [-0.2, -0.15) is 0 Å². The van der Waals surface area contributed by atoms with Gasteiger partial charge in [-0.05, 0) is 36.4 Å². The summed E-state index contributed by atoms with van der Waals surface area (Å²) in [6.45, 7) is 3.33. The lowest BCUT2D eigenvalue weighted by atomic mass is 10.00. The minimum absolute atomic E-state index is 0.0333. The third-order valence-corrected chi connectivity index (χ3v) is 5.10. The Morgan fingerprint density at radius 3 is 3.21 bits per heavy atom. The SMILES string of the molecule is O=C(N[C@@H]1CN2CC[C@H]1C2)c1cc2sccc2cn1. The summed E-state index contributed by atoms with van der Waals surface area (Å²) in [6.07, 6.45) is 2.99. The van der Waals surface area contributed by atoms with Crippen LogP contribution in [-0.4, -0.2) is 41.5 Å². The molecule has 19 heavy (non-hydrogen) atoms. The molecule has 2 aliphatic rings. The van der Waals surface area contributed by atoms with Gasteiger partial charge in [0.15, 0.2) is 0 Å². The van der Waals surface area contributed by atoms with Crippen molar-refractivity contribution in [2.45, 2.75) is 12.5 Å². The summed E-state index contributed by atoms with van der Waals surface area (Å²) >= 11 is 1.65. The lowest BCUT2D eigenvalue weighted by Crippen LogP contribution is -2.43. The molecule has 2 aromatic heterocycles. The molecule has 0 radical (unpaired) electrons. The minimum Gasteiger partial charge on any atom is -0.346 e. The number of aromatic nitrogens is 1. The largest absolute Gasteiger partial charge is 0.346 e. The number of carbonyl (C=O) groups excluding carboxylic acids is 1. The third-order valence-electron chi connectivity index (χ3n) is 4.22. The first-order valence-electron chi connectivity index (χ1n) is 6.66. The van der Waals surface area contributed by atoms with Crippen molar-refractivity contribution in [2.24, 2.45) is 5.92 Å². The first-order chi connectivity index (χ1) is 9.29. The van der Waals surface area contributed by atoms with Crippen LogP contribution in [0.25, 0.3) is 10.1 Å². The van der Waals surface area contributed by atoms with E-state index >= 15 is 0 Å². The molecule has 3 atom stereocenters. The molecule has 4 rings (SSSR count). The van der Waals surface area contributed by atoms with Gasteiger partial charge in [0.25, 0.3) is 5.91 Å². The quantitative estimate of drug-likeness (QED) is 0.906. The molecule has 0 aliphatic carbocycles. The molecule has 2 aliphatic heterocycles. The maximum Gasteiger partial charge on any atom is 0.270 e. The van der Waals surface area contributed by atoms with Gasteiger partial charge in [0.1, 0.15) is 5.69 Å². The lowest BCUT2D eigenvalue weighted by molar-refractivity contribution is 0.0919. The Morgan fingerprint density at radius 1 is 1.47 bits per heavy atom. The molecule has 98 valence electrons. The Labute approximate surface area is 115 Å². The zero-order chi connectivity index (χ0) is 12.8. The second-order valence-electron chi connectivity index (χ2n) is 5.42. The predicted octanol–water partition coefficient (Wildman–Crippen LogP) is 1.73. The molecule has 2 aromatic rings. The highest BCUT2D eigenvalue weighted by Crippen LogP contribution is 2.28. The van der Waals surface area contributed by atoms with Crippen molar-refractivity contribution in [2.75, 3.05) is 19.6 Å². The lowest BCUT2D eigenvalue weighted by Gasteiger charge is -2.22. The van der Waals surface area contributed by atoms with Crippen molar-refractivity contribution >= 4 is 27.3 Å². The van der Waals surface area contributed by atoms with Crippen molar-refractivity contribution < 1.29 is 4.79 Å². The van der Waals surface area contributed by atoms with E-state index in [-0.39, 0.29) is 5.91 Å². The standard InChI is InChI=1S/C14H15N3OS/c18-14(16-12-8-17-3-1-10(12)7-17)11-5-13-9(6-15-11)2-4-19-13/h2,4-6,10,12H,1,3,7-8H2,(H,16,18)/t10-,12+/m0/s1. The normalized spacial score (nSPS) is 28.9. The molecule has 1 unspecified atom stereocenters. The zero-order valence-electron chi connectivity index (χ0n) is 10.5. The number of hydrogen-bond acceptors (Lipinski definition) is 4. The second kappa shape index (κ2) is 4.28. The van der Waals surface area contributed by atoms with Gasteiger partial charge < -0.3 is 10.2 Å². The molecular weight excluding hydrogens is 258 g/mol. The molecule has 2 saturated heterocycles. The Balaban J connectivity index is 1.53. The molecular formula is C14H15N3OS. The van der Waals surface area contributed by atoms with Crippen LogP contribution < -0.4 is 5.32 Å². The number of pyridine rings is 1. The number of carbonyl (C=O) groups is 1. The number of nitrogens with one attached hydrogen (secondary N) is 1. The molecule has 4 nitrogen and oxygen atoms in total. The monoisotopic (exact) mass is 273 g/mol. The molecule has 0 spiro atoms. The van der Waals surface area contributed by atoms with Gasteiger partial charge in [0.2, 0.25) is 0 Å². The van der Waals surface area contributed by atoms with Crippen LogP contribution in [0.2, 0.25) is 0 Å². The average molecular weight is 273 g/mol. The highest BCUT2D eigenvalue weighted by Gasteiger charge is 2.38. The van der Waals surface area contributed by atoms with E-state index in [0.717, 1.165) is 23.2 Å². The number of amides is 1. The van der Waals surface area contributed by atoms with Crippen LogP contribution in [0.1, 0.15) is 16.9 Å². The van der Waals surface area contributed by atoms with Crippen LogP contribution in [-0.2, 0) is 0 Å². The van der Waals surface area contributed by atoms with Gasteiger partial charge in [0.05, 0.1) is 0 Å². The van der Waals surface area contributed by atoms with Gasteiger partial charge in [0, 0.05) is 35.4 Å². The van der Waals surface area contributed by atoms with Crippen molar-refractivity contribution in [1.82, 2.24) is 15.2 Å². The van der Waals surface area contributed by atoms with E-state index in [4.69, 9.17) is 0 Å². The zero-order valence-corrected chi connectivity index (χ0v) is 11.3. The molecule has 5 heteroatoms. The first kappa shape index (κ1) is 11.4. The van der Waals surface area contributed by atoms with Gasteiger partial charge in [-0.1, -0.05) is 0 Å². The predicted molar refractivity (Wildman–Crippen MR) is 75.4 cm³/mol. The van der Waals surface area contributed by atoms with E-state index in [0.29, 0.717) is 17.7 Å². The van der Waals surface area contributed by atoms with Crippen LogP contribution in [0.15, 0.2) is 23.7 Å². The fourth-order valence-electron chi connectivity index (χ4n) is 3.17. The van der Waals surface area contributed by atoms with Crippen LogP contribution in [0.5, 0.6) is 0 Å².